The minimum absolute atomic E-state index is 0.0482. The predicted octanol–water partition coefficient (Wildman–Crippen LogP) is 2.17. The molecule has 2 N–H and O–H groups in total. The van der Waals surface area contributed by atoms with E-state index in [1.807, 2.05) is 0 Å². The molecule has 2 rings (SSSR count). The Morgan fingerprint density at radius 1 is 1.30 bits per heavy atom. The van der Waals surface area contributed by atoms with Gasteiger partial charge in [0.1, 0.15) is 10.6 Å². The molecule has 0 spiro atoms. The lowest BCUT2D eigenvalue weighted by Crippen LogP contribution is -2.33. The zero-order valence-corrected chi connectivity index (χ0v) is 14.4. The van der Waals surface area contributed by atoms with E-state index in [0.29, 0.717) is 10.7 Å². The first-order valence-electron chi connectivity index (χ1n) is 6.69. The van der Waals surface area contributed by atoms with E-state index >= 15 is 0 Å². The number of benzene rings is 1. The Balaban J connectivity index is 2.04. The molecule has 0 aliphatic heterocycles. The summed E-state index contributed by atoms with van der Waals surface area (Å²) in [4.78, 5) is 11.9. The fourth-order valence-corrected chi connectivity index (χ4v) is 3.59. The lowest BCUT2D eigenvalue weighted by Gasteiger charge is -2.10. The minimum atomic E-state index is -3.87. The number of hydrogen-bond acceptors (Lipinski definition) is 5. The van der Waals surface area contributed by atoms with E-state index in [0.717, 1.165) is 5.56 Å². The van der Waals surface area contributed by atoms with Gasteiger partial charge in [-0.3, -0.25) is 4.79 Å². The average Bonchev–Trinajstić information content (AvgIpc) is 2.80. The van der Waals surface area contributed by atoms with Crippen molar-refractivity contribution in [2.45, 2.75) is 25.7 Å². The van der Waals surface area contributed by atoms with Gasteiger partial charge in [0, 0.05) is 10.7 Å². The highest BCUT2D eigenvalue weighted by Gasteiger charge is 2.24. The highest BCUT2D eigenvalue weighted by Crippen LogP contribution is 2.20. The lowest BCUT2D eigenvalue weighted by atomic mass is 10.2. The zero-order chi connectivity index (χ0) is 17.2. The van der Waals surface area contributed by atoms with Crippen LogP contribution in [0.1, 0.15) is 17.0 Å². The molecule has 0 radical (unpaired) electrons. The number of nitrogens with one attached hydrogen (secondary N) is 2. The van der Waals surface area contributed by atoms with Gasteiger partial charge in [0.25, 0.3) is 0 Å². The molecule has 1 aromatic heterocycles. The van der Waals surface area contributed by atoms with Crippen molar-refractivity contribution < 1.29 is 17.7 Å². The maximum atomic E-state index is 12.2. The molecule has 0 bridgehead atoms. The summed E-state index contributed by atoms with van der Waals surface area (Å²) < 4.78 is 31.4. The molecular weight excluding hydrogens is 342 g/mol. The standard InChI is InChI=1S/C14H16ClN3O4S/c1-8-6-11(15)4-5-12(8)17-13(19)7-16-23(20,21)14-9(2)18-22-10(14)3/h4-6,16H,7H2,1-3H3,(H,17,19). The number of amides is 1. The molecule has 0 fully saturated rings. The molecule has 23 heavy (non-hydrogen) atoms. The average molecular weight is 358 g/mol. The van der Waals surface area contributed by atoms with Crippen LogP contribution in [0.15, 0.2) is 27.6 Å². The highest BCUT2D eigenvalue weighted by molar-refractivity contribution is 7.89. The molecule has 7 nitrogen and oxygen atoms in total. The van der Waals surface area contributed by atoms with Crippen LogP contribution in [-0.2, 0) is 14.8 Å². The molecule has 0 saturated carbocycles. The molecule has 0 saturated heterocycles. The first kappa shape index (κ1) is 17.5. The fourth-order valence-electron chi connectivity index (χ4n) is 2.05. The summed E-state index contributed by atoms with van der Waals surface area (Å²) in [6.45, 7) is 4.39. The summed E-state index contributed by atoms with van der Waals surface area (Å²) in [5.41, 5.74) is 1.58. The minimum Gasteiger partial charge on any atom is -0.360 e. The van der Waals surface area contributed by atoms with Crippen LogP contribution >= 0.6 is 11.6 Å². The van der Waals surface area contributed by atoms with E-state index in [1.54, 1.807) is 25.1 Å². The summed E-state index contributed by atoms with van der Waals surface area (Å²) in [6, 6.07) is 4.99. The third kappa shape index (κ3) is 4.10. The molecular formula is C14H16ClN3O4S. The van der Waals surface area contributed by atoms with Crippen LogP contribution in [0.5, 0.6) is 0 Å². The summed E-state index contributed by atoms with van der Waals surface area (Å²) in [5.74, 6) is -0.324. The van der Waals surface area contributed by atoms with E-state index in [4.69, 9.17) is 16.1 Å². The zero-order valence-electron chi connectivity index (χ0n) is 12.8. The number of hydrogen-bond donors (Lipinski definition) is 2. The van der Waals surface area contributed by atoms with Crippen molar-refractivity contribution in [3.8, 4) is 0 Å². The Kier molecular flexibility index (Phi) is 5.08. The normalized spacial score (nSPS) is 11.5. The van der Waals surface area contributed by atoms with E-state index < -0.39 is 22.5 Å². The second-order valence-corrected chi connectivity index (χ2v) is 7.13. The molecule has 124 valence electrons. The summed E-state index contributed by atoms with van der Waals surface area (Å²) in [7, 11) is -3.87. The van der Waals surface area contributed by atoms with Crippen molar-refractivity contribution in [2.24, 2.45) is 0 Å². The number of carbonyl (C=O) groups excluding carboxylic acids is 1. The topological polar surface area (TPSA) is 101 Å². The third-order valence-corrected chi connectivity index (χ3v) is 5.00. The second kappa shape index (κ2) is 6.69. The first-order valence-corrected chi connectivity index (χ1v) is 8.55. The quantitative estimate of drug-likeness (QED) is 0.853. The molecule has 0 aliphatic carbocycles. The molecule has 0 aliphatic rings. The Morgan fingerprint density at radius 3 is 2.57 bits per heavy atom. The smallest absolute Gasteiger partial charge is 0.246 e. The van der Waals surface area contributed by atoms with E-state index in [-0.39, 0.29) is 16.3 Å². The molecule has 1 aromatic carbocycles. The molecule has 9 heteroatoms. The maximum Gasteiger partial charge on any atom is 0.246 e. The van der Waals surface area contributed by atoms with Crippen molar-refractivity contribution in [1.82, 2.24) is 9.88 Å². The number of aromatic nitrogens is 1. The lowest BCUT2D eigenvalue weighted by molar-refractivity contribution is -0.115. The number of aryl methyl sites for hydroxylation is 3. The van der Waals surface area contributed by atoms with Gasteiger partial charge in [-0.25, -0.2) is 13.1 Å². The molecule has 0 unspecified atom stereocenters. The van der Waals surface area contributed by atoms with Gasteiger partial charge in [-0.2, -0.15) is 0 Å². The largest absolute Gasteiger partial charge is 0.360 e. The monoisotopic (exact) mass is 357 g/mol. The molecule has 0 atom stereocenters. The Bertz CT molecular complexity index is 826. The molecule has 1 heterocycles. The van der Waals surface area contributed by atoms with Crippen LogP contribution < -0.4 is 10.0 Å². The van der Waals surface area contributed by atoms with Crippen molar-refractivity contribution >= 4 is 33.2 Å². The van der Waals surface area contributed by atoms with Crippen LogP contribution in [0.2, 0.25) is 5.02 Å². The van der Waals surface area contributed by atoms with Crippen molar-refractivity contribution in [3.05, 3.63) is 40.2 Å². The summed E-state index contributed by atoms with van der Waals surface area (Å²) in [6.07, 6.45) is 0. The van der Waals surface area contributed by atoms with E-state index in [1.165, 1.54) is 13.8 Å². The predicted molar refractivity (Wildman–Crippen MR) is 86.0 cm³/mol. The molecule has 1 amide bonds. The SMILES string of the molecule is Cc1cc(Cl)ccc1NC(=O)CNS(=O)(=O)c1c(C)noc1C. The van der Waals surface area contributed by atoms with Gasteiger partial charge in [0.2, 0.25) is 15.9 Å². The van der Waals surface area contributed by atoms with Gasteiger partial charge < -0.3 is 9.84 Å². The van der Waals surface area contributed by atoms with Crippen LogP contribution in [0.25, 0.3) is 0 Å². The van der Waals surface area contributed by atoms with Gasteiger partial charge in [-0.1, -0.05) is 16.8 Å². The number of nitrogens with zero attached hydrogens (tertiary/aromatic N) is 1. The number of anilines is 1. The number of halogens is 1. The Labute approximate surface area is 139 Å². The number of rotatable bonds is 5. The van der Waals surface area contributed by atoms with Gasteiger partial charge in [0.05, 0.1) is 6.54 Å². The number of carbonyl (C=O) groups is 1. The Morgan fingerprint density at radius 2 is 2.00 bits per heavy atom. The highest BCUT2D eigenvalue weighted by atomic mass is 35.5. The van der Waals surface area contributed by atoms with Gasteiger partial charge in [-0.15, -0.1) is 0 Å². The van der Waals surface area contributed by atoms with Crippen molar-refractivity contribution in [2.75, 3.05) is 11.9 Å². The first-order chi connectivity index (χ1) is 10.7. The van der Waals surface area contributed by atoms with Gasteiger partial charge >= 0.3 is 0 Å². The second-order valence-electron chi connectivity index (χ2n) is 4.99. The van der Waals surface area contributed by atoms with Crippen LogP contribution in [0, 0.1) is 20.8 Å². The molecule has 2 aromatic rings. The van der Waals surface area contributed by atoms with Crippen LogP contribution in [-0.4, -0.2) is 26.0 Å². The summed E-state index contributed by atoms with van der Waals surface area (Å²) in [5, 5.41) is 6.77. The van der Waals surface area contributed by atoms with Gasteiger partial charge in [0.15, 0.2) is 5.76 Å². The third-order valence-electron chi connectivity index (χ3n) is 3.12. The fraction of sp³-hybridized carbons (Fsp3) is 0.286. The number of sulfonamides is 1. The van der Waals surface area contributed by atoms with E-state index in [9.17, 15) is 13.2 Å². The summed E-state index contributed by atoms with van der Waals surface area (Å²) >= 11 is 5.84. The van der Waals surface area contributed by atoms with Gasteiger partial charge in [-0.05, 0) is 44.5 Å². The van der Waals surface area contributed by atoms with Crippen molar-refractivity contribution in [1.29, 1.82) is 0 Å². The van der Waals surface area contributed by atoms with Crippen LogP contribution in [0.3, 0.4) is 0 Å². The Hall–Kier alpha value is -1.90. The van der Waals surface area contributed by atoms with Crippen molar-refractivity contribution in [3.63, 3.8) is 0 Å². The maximum absolute atomic E-state index is 12.2. The van der Waals surface area contributed by atoms with Crippen LogP contribution in [0.4, 0.5) is 5.69 Å². The van der Waals surface area contributed by atoms with E-state index in [2.05, 4.69) is 15.2 Å².